The molecule has 0 N–H and O–H groups in total. The number of nitro benzene ring substituents is 1. The van der Waals surface area contributed by atoms with Crippen LogP contribution in [-0.2, 0) is 4.79 Å². The number of carbonyl (C=O) groups is 1. The van der Waals surface area contributed by atoms with Gasteiger partial charge in [-0.05, 0) is 63.7 Å². The van der Waals surface area contributed by atoms with E-state index in [2.05, 4.69) is 4.99 Å². The Hall–Kier alpha value is -3.65. The number of benzene rings is 2. The van der Waals surface area contributed by atoms with Crippen molar-refractivity contribution >= 4 is 40.3 Å². The van der Waals surface area contributed by atoms with Crippen LogP contribution < -0.4 is 0 Å². The minimum atomic E-state index is -0.409. The second-order valence-electron chi connectivity index (χ2n) is 8.02. The third-order valence-electron chi connectivity index (χ3n) is 5.28. The quantitative estimate of drug-likeness (QED) is 0.246. The molecule has 3 aromatic rings. The zero-order chi connectivity index (χ0) is 23.7. The van der Waals surface area contributed by atoms with Gasteiger partial charge in [-0.2, -0.15) is 0 Å². The second kappa shape index (κ2) is 9.07. The molecule has 4 rings (SSSR count). The van der Waals surface area contributed by atoms with Crippen LogP contribution >= 0.6 is 11.8 Å². The van der Waals surface area contributed by atoms with Gasteiger partial charge in [-0.3, -0.25) is 19.8 Å². The van der Waals surface area contributed by atoms with Gasteiger partial charge in [-0.25, -0.2) is 4.99 Å². The van der Waals surface area contributed by atoms with E-state index < -0.39 is 4.92 Å². The number of carbonyl (C=O) groups excluding carboxylic acids is 1. The van der Waals surface area contributed by atoms with E-state index in [1.807, 2.05) is 45.0 Å². The average molecular weight is 462 g/mol. The van der Waals surface area contributed by atoms with Crippen molar-refractivity contribution in [2.45, 2.75) is 33.7 Å². The Morgan fingerprint density at radius 3 is 2.48 bits per heavy atom. The maximum atomic E-state index is 13.1. The van der Waals surface area contributed by atoms with Crippen LogP contribution in [0.5, 0.6) is 0 Å². The first-order valence-electron chi connectivity index (χ1n) is 10.5. The van der Waals surface area contributed by atoms with E-state index in [9.17, 15) is 14.9 Å². The molecule has 1 aromatic heterocycles. The predicted molar refractivity (Wildman–Crippen MR) is 131 cm³/mol. The van der Waals surface area contributed by atoms with Gasteiger partial charge in [-0.15, -0.1) is 0 Å². The second-order valence-corrected chi connectivity index (χ2v) is 9.03. The summed E-state index contributed by atoms with van der Waals surface area (Å²) in [4.78, 5) is 30.8. The molecule has 2 heterocycles. The van der Waals surface area contributed by atoms with Crippen molar-refractivity contribution in [1.29, 1.82) is 0 Å². The van der Waals surface area contributed by atoms with Crippen LogP contribution in [0.2, 0.25) is 0 Å². The molecule has 1 aliphatic rings. The number of hydrogen-bond acceptors (Lipinski definition) is 6. The maximum Gasteiger partial charge on any atom is 0.273 e. The lowest BCUT2D eigenvalue weighted by atomic mass is 10.1. The summed E-state index contributed by atoms with van der Waals surface area (Å²) in [6.45, 7) is 7.60. The summed E-state index contributed by atoms with van der Waals surface area (Å²) in [5.41, 5.74) is 3.13. The number of hydrogen-bond donors (Lipinski definition) is 0. The van der Waals surface area contributed by atoms with Gasteiger partial charge in [-0.1, -0.05) is 29.8 Å². The molecule has 0 saturated carbocycles. The van der Waals surface area contributed by atoms with E-state index in [-0.39, 0.29) is 17.6 Å². The summed E-state index contributed by atoms with van der Waals surface area (Å²) in [6, 6.07) is 16.1. The van der Waals surface area contributed by atoms with Gasteiger partial charge in [0, 0.05) is 29.3 Å². The molecule has 7 nitrogen and oxygen atoms in total. The van der Waals surface area contributed by atoms with Crippen LogP contribution in [0.4, 0.5) is 11.4 Å². The predicted octanol–water partition coefficient (Wildman–Crippen LogP) is 6.48. The fourth-order valence-electron chi connectivity index (χ4n) is 3.54. The normalized spacial score (nSPS) is 16.4. The number of amides is 1. The number of nitro groups is 1. The highest BCUT2D eigenvalue weighted by Gasteiger charge is 2.35. The van der Waals surface area contributed by atoms with Crippen LogP contribution in [0.15, 0.2) is 68.9 Å². The molecule has 1 amide bonds. The SMILES string of the molecule is Cc1ccc(N=C2S/C(=C/c3ccc(-c4cccc([N+](=O)[O-])c4C)o3)C(=O)N2C(C)C)cc1. The molecule has 33 heavy (non-hydrogen) atoms. The molecule has 0 aliphatic carbocycles. The van der Waals surface area contributed by atoms with Crippen LogP contribution in [0.25, 0.3) is 17.4 Å². The monoisotopic (exact) mass is 461 g/mol. The van der Waals surface area contributed by atoms with Crippen molar-refractivity contribution in [2.75, 3.05) is 0 Å². The Bertz CT molecular complexity index is 1290. The summed E-state index contributed by atoms with van der Waals surface area (Å²) in [5.74, 6) is 0.866. The summed E-state index contributed by atoms with van der Waals surface area (Å²) >= 11 is 1.30. The van der Waals surface area contributed by atoms with Crippen molar-refractivity contribution < 1.29 is 14.1 Å². The fourth-order valence-corrected chi connectivity index (χ4v) is 4.64. The van der Waals surface area contributed by atoms with E-state index in [0.29, 0.717) is 32.7 Å². The van der Waals surface area contributed by atoms with Crippen LogP contribution in [0.3, 0.4) is 0 Å². The van der Waals surface area contributed by atoms with E-state index in [1.165, 1.54) is 17.8 Å². The molecule has 0 atom stereocenters. The molecule has 8 heteroatoms. The topological polar surface area (TPSA) is 89.0 Å². The fraction of sp³-hybridized carbons (Fsp3) is 0.200. The molecule has 1 aliphatic heterocycles. The molecule has 1 fully saturated rings. The Balaban J connectivity index is 1.66. The summed E-state index contributed by atoms with van der Waals surface area (Å²) in [6.07, 6.45) is 1.69. The van der Waals surface area contributed by atoms with Crippen LogP contribution in [0.1, 0.15) is 30.7 Å². The molecule has 0 bridgehead atoms. The van der Waals surface area contributed by atoms with E-state index in [4.69, 9.17) is 4.42 Å². The molecular formula is C25H23N3O4S. The molecular weight excluding hydrogens is 438 g/mol. The maximum absolute atomic E-state index is 13.1. The van der Waals surface area contributed by atoms with Crippen molar-refractivity contribution in [3.05, 3.63) is 86.5 Å². The number of aliphatic imine (C=N–C) groups is 1. The molecule has 1 saturated heterocycles. The summed E-state index contributed by atoms with van der Waals surface area (Å²) in [7, 11) is 0. The molecule has 0 unspecified atom stereocenters. The van der Waals surface area contributed by atoms with Gasteiger partial charge in [0.2, 0.25) is 0 Å². The van der Waals surface area contributed by atoms with Crippen molar-refractivity contribution in [2.24, 2.45) is 4.99 Å². The van der Waals surface area contributed by atoms with Gasteiger partial charge < -0.3 is 4.42 Å². The molecule has 0 spiro atoms. The first-order chi connectivity index (χ1) is 15.7. The molecule has 0 radical (unpaired) electrons. The number of amidine groups is 1. The van der Waals surface area contributed by atoms with Crippen LogP contribution in [-0.4, -0.2) is 26.9 Å². The Morgan fingerprint density at radius 1 is 1.09 bits per heavy atom. The third-order valence-corrected chi connectivity index (χ3v) is 6.26. The van der Waals surface area contributed by atoms with Gasteiger partial charge in [0.05, 0.1) is 15.5 Å². The average Bonchev–Trinajstić information content (AvgIpc) is 3.34. The highest BCUT2D eigenvalue weighted by atomic mass is 32.2. The zero-order valence-electron chi connectivity index (χ0n) is 18.7. The minimum absolute atomic E-state index is 0.0369. The lowest BCUT2D eigenvalue weighted by Crippen LogP contribution is -2.35. The Kier molecular flexibility index (Phi) is 6.20. The standard InChI is InChI=1S/C25H23N3O4S/c1-15(2)27-24(29)23(33-25(27)26-18-10-8-16(3)9-11-18)14-19-12-13-22(32-19)20-6-5-7-21(17(20)4)28(30)31/h5-15H,1-4H3/b23-14+,26-25?. The van der Waals surface area contributed by atoms with Gasteiger partial charge in [0.25, 0.3) is 11.6 Å². The third kappa shape index (κ3) is 4.61. The Labute approximate surface area is 196 Å². The van der Waals surface area contributed by atoms with Crippen molar-refractivity contribution in [3.8, 4) is 11.3 Å². The van der Waals surface area contributed by atoms with Crippen molar-refractivity contribution in [1.82, 2.24) is 4.90 Å². The van der Waals surface area contributed by atoms with E-state index in [0.717, 1.165) is 11.3 Å². The molecule has 2 aromatic carbocycles. The highest BCUT2D eigenvalue weighted by Crippen LogP contribution is 2.37. The number of rotatable bonds is 5. The number of nitrogens with zero attached hydrogens (tertiary/aromatic N) is 3. The lowest BCUT2D eigenvalue weighted by molar-refractivity contribution is -0.385. The van der Waals surface area contributed by atoms with Crippen molar-refractivity contribution in [3.63, 3.8) is 0 Å². The Morgan fingerprint density at radius 2 is 1.82 bits per heavy atom. The first kappa shape index (κ1) is 22.5. The minimum Gasteiger partial charge on any atom is -0.457 e. The van der Waals surface area contributed by atoms with Crippen LogP contribution in [0, 0.1) is 24.0 Å². The number of aryl methyl sites for hydroxylation is 1. The van der Waals surface area contributed by atoms with E-state index >= 15 is 0 Å². The smallest absolute Gasteiger partial charge is 0.273 e. The van der Waals surface area contributed by atoms with Gasteiger partial charge in [0.1, 0.15) is 11.5 Å². The number of thioether (sulfide) groups is 1. The lowest BCUT2D eigenvalue weighted by Gasteiger charge is -2.19. The zero-order valence-corrected chi connectivity index (χ0v) is 19.6. The van der Waals surface area contributed by atoms with E-state index in [1.54, 1.807) is 42.2 Å². The summed E-state index contributed by atoms with van der Waals surface area (Å²) < 4.78 is 5.94. The first-order valence-corrected chi connectivity index (χ1v) is 11.3. The molecule has 168 valence electrons. The largest absolute Gasteiger partial charge is 0.457 e. The van der Waals surface area contributed by atoms with Gasteiger partial charge in [0.15, 0.2) is 5.17 Å². The highest BCUT2D eigenvalue weighted by molar-refractivity contribution is 8.18. The number of furan rings is 1. The summed E-state index contributed by atoms with van der Waals surface area (Å²) in [5, 5.41) is 11.9. The van der Waals surface area contributed by atoms with Gasteiger partial charge >= 0.3 is 0 Å².